The van der Waals surface area contributed by atoms with E-state index >= 15 is 0 Å². The molecule has 4 fully saturated rings. The van der Waals surface area contributed by atoms with Crippen LogP contribution in [0.1, 0.15) is 238 Å². The fraction of sp³-hybridized carbons (Fsp3) is 0.918. The van der Waals surface area contributed by atoms with Gasteiger partial charge in [0.05, 0.1) is 6.61 Å². The standard InChI is InChI=1S/C25H45NO4.C24H42O3/c27-20-11-12-22(29)24(15-16-24)13-9-7-5-3-1-2-4-6-8-10-14-25(17-18-25)23(30)26-19-21-28;1-21(26)23(16-17-23)14-10-8-6-4-2-3-5-7-9-11-15-24(18-19-24)22(27)13-12-20-25/h27-28H,1-21H2,(H,26,30);25H,2-20H2,1H3. The van der Waals surface area contributed by atoms with Crippen molar-refractivity contribution in [1.82, 2.24) is 5.32 Å². The molecule has 0 heterocycles. The Hall–Kier alpha value is -1.64. The summed E-state index contributed by atoms with van der Waals surface area (Å²) in [5, 5.41) is 29.4. The van der Waals surface area contributed by atoms with Crippen LogP contribution < -0.4 is 5.32 Å². The first-order valence-corrected chi connectivity index (χ1v) is 24.3. The van der Waals surface area contributed by atoms with Crippen molar-refractivity contribution >= 4 is 23.3 Å². The van der Waals surface area contributed by atoms with Crippen LogP contribution in [0.4, 0.5) is 0 Å². The van der Waals surface area contributed by atoms with Crippen LogP contribution in [0, 0.1) is 21.7 Å². The van der Waals surface area contributed by atoms with E-state index in [2.05, 4.69) is 5.32 Å². The lowest BCUT2D eigenvalue weighted by Gasteiger charge is -2.14. The fourth-order valence-electron chi connectivity index (χ4n) is 9.36. The molecule has 4 aliphatic carbocycles. The third-order valence-corrected chi connectivity index (χ3v) is 14.5. The number of rotatable bonds is 38. The minimum atomic E-state index is -0.0995. The number of hydrogen-bond donors (Lipinski definition) is 4. The van der Waals surface area contributed by atoms with Crippen LogP contribution in [0.3, 0.4) is 0 Å². The molecule has 0 aromatic rings. The maximum Gasteiger partial charge on any atom is 0.226 e. The quantitative estimate of drug-likeness (QED) is 0.0456. The largest absolute Gasteiger partial charge is 0.396 e. The number of hydrogen-bond acceptors (Lipinski definition) is 7. The lowest BCUT2D eigenvalue weighted by atomic mass is 9.90. The Balaban J connectivity index is 0.000000307. The number of aliphatic hydroxyl groups is 3. The second-order valence-electron chi connectivity index (χ2n) is 19.2. The summed E-state index contributed by atoms with van der Waals surface area (Å²) in [6, 6.07) is 0. The van der Waals surface area contributed by atoms with Gasteiger partial charge in [-0.3, -0.25) is 19.2 Å². The molecule has 4 rings (SSSR count). The highest BCUT2D eigenvalue weighted by molar-refractivity contribution is 5.88. The molecule has 0 aliphatic heterocycles. The lowest BCUT2D eigenvalue weighted by molar-refractivity contribution is -0.127. The molecule has 0 bridgehead atoms. The van der Waals surface area contributed by atoms with Crippen LogP contribution in [-0.2, 0) is 19.2 Å². The summed E-state index contributed by atoms with van der Waals surface area (Å²) in [6.45, 7) is 2.44. The monoisotopic (exact) mass is 802 g/mol. The summed E-state index contributed by atoms with van der Waals surface area (Å²) in [6.07, 6.45) is 40.9. The molecule has 0 aromatic heterocycles. The number of aliphatic hydroxyl groups excluding tert-OH is 3. The number of amides is 1. The minimum Gasteiger partial charge on any atom is -0.396 e. The summed E-state index contributed by atoms with van der Waals surface area (Å²) in [4.78, 5) is 48.0. The van der Waals surface area contributed by atoms with Gasteiger partial charge in [-0.25, -0.2) is 0 Å². The van der Waals surface area contributed by atoms with Gasteiger partial charge in [-0.1, -0.05) is 128 Å². The highest BCUT2D eigenvalue weighted by Gasteiger charge is 2.50. The van der Waals surface area contributed by atoms with Crippen molar-refractivity contribution < 1.29 is 34.5 Å². The highest BCUT2D eigenvalue weighted by atomic mass is 16.3. The molecule has 0 unspecified atom stereocenters. The zero-order valence-electron chi connectivity index (χ0n) is 36.8. The van der Waals surface area contributed by atoms with Gasteiger partial charge >= 0.3 is 0 Å². The number of carbonyl (C=O) groups is 4. The summed E-state index contributed by atoms with van der Waals surface area (Å²) < 4.78 is 0. The van der Waals surface area contributed by atoms with Crippen molar-refractivity contribution in [1.29, 1.82) is 0 Å². The van der Waals surface area contributed by atoms with Crippen molar-refractivity contribution in [2.75, 3.05) is 26.4 Å². The van der Waals surface area contributed by atoms with E-state index in [9.17, 15) is 19.2 Å². The molecule has 0 atom stereocenters. The maximum absolute atomic E-state index is 12.2. The van der Waals surface area contributed by atoms with E-state index in [1.807, 2.05) is 0 Å². The van der Waals surface area contributed by atoms with Crippen LogP contribution in [0.2, 0.25) is 0 Å². The summed E-state index contributed by atoms with van der Waals surface area (Å²) >= 11 is 0. The Morgan fingerprint density at radius 1 is 0.386 bits per heavy atom. The van der Waals surface area contributed by atoms with Gasteiger partial charge in [0.1, 0.15) is 17.3 Å². The molecule has 8 nitrogen and oxygen atoms in total. The van der Waals surface area contributed by atoms with Crippen LogP contribution in [0.25, 0.3) is 0 Å². The maximum atomic E-state index is 12.2. The van der Waals surface area contributed by atoms with E-state index in [0.29, 0.717) is 49.6 Å². The molecular weight excluding hydrogens is 715 g/mol. The first-order valence-electron chi connectivity index (χ1n) is 24.3. The summed E-state index contributed by atoms with van der Waals surface area (Å²) in [7, 11) is 0. The number of unbranched alkanes of at least 4 members (excludes halogenated alkanes) is 18. The van der Waals surface area contributed by atoms with Gasteiger partial charge in [0, 0.05) is 54.3 Å². The Kier molecular flexibility index (Phi) is 23.8. The van der Waals surface area contributed by atoms with Gasteiger partial charge in [-0.15, -0.1) is 0 Å². The van der Waals surface area contributed by atoms with Gasteiger partial charge in [-0.05, 0) is 96.8 Å². The first-order chi connectivity index (χ1) is 27.6. The predicted molar refractivity (Wildman–Crippen MR) is 231 cm³/mol. The van der Waals surface area contributed by atoms with Gasteiger partial charge < -0.3 is 20.6 Å². The second-order valence-corrected chi connectivity index (χ2v) is 19.2. The molecule has 4 aliphatic rings. The van der Waals surface area contributed by atoms with Crippen molar-refractivity contribution in [2.45, 2.75) is 238 Å². The summed E-state index contributed by atoms with van der Waals surface area (Å²) in [5.74, 6) is 1.38. The Morgan fingerprint density at radius 3 is 0.930 bits per heavy atom. The third-order valence-electron chi connectivity index (χ3n) is 14.5. The molecule has 8 heteroatoms. The normalized spacial score (nSPS) is 18.6. The minimum absolute atomic E-state index is 0.00766. The van der Waals surface area contributed by atoms with E-state index < -0.39 is 0 Å². The topological polar surface area (TPSA) is 141 Å². The van der Waals surface area contributed by atoms with Crippen molar-refractivity contribution in [3.8, 4) is 0 Å². The van der Waals surface area contributed by atoms with E-state index in [1.54, 1.807) is 6.92 Å². The molecule has 0 saturated heterocycles. The van der Waals surface area contributed by atoms with Crippen LogP contribution in [0.5, 0.6) is 0 Å². The van der Waals surface area contributed by atoms with Gasteiger partial charge in [-0.2, -0.15) is 0 Å². The number of Topliss-reactive ketones (excluding diaryl/α,β-unsaturated/α-hetero) is 3. The molecule has 0 radical (unpaired) electrons. The predicted octanol–water partition coefficient (Wildman–Crippen LogP) is 10.8. The molecule has 57 heavy (non-hydrogen) atoms. The Bertz CT molecular complexity index is 1100. The first kappa shape index (κ1) is 49.7. The van der Waals surface area contributed by atoms with Crippen molar-refractivity contribution in [3.05, 3.63) is 0 Å². The average Bonchev–Trinajstić information content (AvgIpc) is 4.01. The molecule has 0 aromatic carbocycles. The molecule has 4 saturated carbocycles. The Morgan fingerprint density at radius 2 is 0.667 bits per heavy atom. The van der Waals surface area contributed by atoms with Crippen LogP contribution in [0.15, 0.2) is 0 Å². The molecular formula is C49H87NO7. The number of nitrogens with one attached hydrogen (secondary N) is 1. The zero-order valence-corrected chi connectivity index (χ0v) is 36.8. The van der Waals surface area contributed by atoms with Crippen LogP contribution >= 0.6 is 0 Å². The smallest absolute Gasteiger partial charge is 0.226 e. The van der Waals surface area contributed by atoms with Gasteiger partial charge in [0.15, 0.2) is 0 Å². The molecule has 0 spiro atoms. The van der Waals surface area contributed by atoms with Gasteiger partial charge in [0.2, 0.25) is 5.91 Å². The van der Waals surface area contributed by atoms with Gasteiger partial charge in [0.25, 0.3) is 0 Å². The Labute approximate surface area is 348 Å². The number of ketones is 3. The molecule has 1 amide bonds. The SMILES string of the molecule is CC(=O)C1(CCCCCCCCCCCCC2(C(=O)CCCO)CC2)CC1.O=C(CCCO)C1(CCCCCCCCCCCCC2(C(=O)NCCO)CC2)CC1. The van der Waals surface area contributed by atoms with E-state index in [0.717, 1.165) is 83.5 Å². The zero-order chi connectivity index (χ0) is 41.3. The number of carbonyl (C=O) groups excluding carboxylic acids is 4. The third kappa shape index (κ3) is 19.1. The van der Waals surface area contributed by atoms with Crippen molar-refractivity contribution in [3.63, 3.8) is 0 Å². The second kappa shape index (κ2) is 27.3. The average molecular weight is 802 g/mol. The fourth-order valence-corrected chi connectivity index (χ4v) is 9.36. The van der Waals surface area contributed by atoms with E-state index in [4.69, 9.17) is 15.3 Å². The van der Waals surface area contributed by atoms with E-state index in [-0.39, 0.29) is 47.4 Å². The molecule has 330 valence electrons. The van der Waals surface area contributed by atoms with Crippen molar-refractivity contribution in [2.24, 2.45) is 21.7 Å². The highest BCUT2D eigenvalue weighted by Crippen LogP contribution is 2.53. The summed E-state index contributed by atoms with van der Waals surface area (Å²) in [5.41, 5.74) is 0.0461. The molecule has 4 N–H and O–H groups in total. The van der Waals surface area contributed by atoms with Crippen LogP contribution in [-0.4, -0.2) is 64.9 Å². The lowest BCUT2D eigenvalue weighted by Crippen LogP contribution is -2.33. The van der Waals surface area contributed by atoms with E-state index in [1.165, 1.54) is 122 Å².